The molecule has 0 aliphatic heterocycles. The Hall–Kier alpha value is -2.81. The van der Waals surface area contributed by atoms with Crippen LogP contribution in [0.15, 0.2) is 29.5 Å². The van der Waals surface area contributed by atoms with E-state index in [1.807, 2.05) is 0 Å². The summed E-state index contributed by atoms with van der Waals surface area (Å²) in [5, 5.41) is 2.73. The van der Waals surface area contributed by atoms with Crippen molar-refractivity contribution in [3.8, 4) is 0 Å². The summed E-state index contributed by atoms with van der Waals surface area (Å²) in [6, 6.07) is 1.44. The van der Waals surface area contributed by atoms with E-state index in [0.717, 1.165) is 25.3 Å². The monoisotopic (exact) mass is 356 g/mol. The zero-order chi connectivity index (χ0) is 19.0. The first-order valence-electron chi connectivity index (χ1n) is 7.06. The van der Waals surface area contributed by atoms with E-state index in [-0.39, 0.29) is 36.3 Å². The minimum Gasteiger partial charge on any atom is -0.466 e. The van der Waals surface area contributed by atoms with Gasteiger partial charge in [0.1, 0.15) is 0 Å². The maximum absolute atomic E-state index is 13.6. The van der Waals surface area contributed by atoms with E-state index >= 15 is 0 Å². The number of nitrogens with zero attached hydrogens (tertiary/aromatic N) is 1. The van der Waals surface area contributed by atoms with Crippen LogP contribution in [0.25, 0.3) is 0 Å². The highest BCUT2D eigenvalue weighted by Crippen LogP contribution is 2.30. The molecule has 1 rings (SSSR count). The number of hydrogen-bond donors (Lipinski definition) is 1. The van der Waals surface area contributed by atoms with Crippen molar-refractivity contribution in [2.45, 2.75) is 6.04 Å². The highest BCUT2D eigenvalue weighted by atomic mass is 19.2. The predicted octanol–water partition coefficient (Wildman–Crippen LogP) is 0.914. The van der Waals surface area contributed by atoms with E-state index in [4.69, 9.17) is 9.47 Å². The summed E-state index contributed by atoms with van der Waals surface area (Å²) in [4.78, 5) is 35.5. The Morgan fingerprint density at radius 1 is 1.24 bits per heavy atom. The fraction of sp³-hybridized carbons (Fsp3) is 0.312. The van der Waals surface area contributed by atoms with Crippen molar-refractivity contribution in [2.75, 3.05) is 27.9 Å². The normalized spacial score (nSPS) is 12.7. The van der Waals surface area contributed by atoms with E-state index in [1.54, 1.807) is 0 Å². The molecule has 0 radical (unpaired) electrons. The van der Waals surface area contributed by atoms with Gasteiger partial charge < -0.3 is 14.8 Å². The van der Waals surface area contributed by atoms with Gasteiger partial charge in [-0.3, -0.25) is 14.5 Å². The SMILES string of the molecule is CN/C(COC)=C(/C(=O)OC)[C@H](c1ccc(F)c(F)c1)N(C=O)C=O. The molecule has 0 heterocycles. The van der Waals surface area contributed by atoms with E-state index < -0.39 is 23.6 Å². The van der Waals surface area contributed by atoms with Crippen molar-refractivity contribution in [2.24, 2.45) is 0 Å². The summed E-state index contributed by atoms with van der Waals surface area (Å²) in [7, 11) is 3.97. The number of carbonyl (C=O) groups is 3. The van der Waals surface area contributed by atoms with E-state index in [1.165, 1.54) is 14.2 Å². The van der Waals surface area contributed by atoms with Crippen LogP contribution >= 0.6 is 0 Å². The number of halogens is 2. The predicted molar refractivity (Wildman–Crippen MR) is 83.0 cm³/mol. The third-order valence-corrected chi connectivity index (χ3v) is 3.40. The lowest BCUT2D eigenvalue weighted by molar-refractivity contribution is -0.138. The van der Waals surface area contributed by atoms with Crippen molar-refractivity contribution < 1.29 is 32.6 Å². The van der Waals surface area contributed by atoms with Crippen LogP contribution in [0, 0.1) is 11.6 Å². The van der Waals surface area contributed by atoms with Crippen molar-refractivity contribution in [1.82, 2.24) is 10.2 Å². The highest BCUT2D eigenvalue weighted by Gasteiger charge is 2.32. The number of ether oxygens (including phenoxy) is 2. The highest BCUT2D eigenvalue weighted by molar-refractivity contribution is 5.92. The van der Waals surface area contributed by atoms with E-state index in [2.05, 4.69) is 5.32 Å². The number of rotatable bonds is 9. The van der Waals surface area contributed by atoms with Crippen LogP contribution in [-0.2, 0) is 23.9 Å². The van der Waals surface area contributed by atoms with Crippen LogP contribution < -0.4 is 5.32 Å². The van der Waals surface area contributed by atoms with Gasteiger partial charge in [-0.05, 0) is 17.7 Å². The molecular weight excluding hydrogens is 338 g/mol. The Bertz CT molecular complexity index is 670. The number of amides is 2. The number of methoxy groups -OCH3 is 2. The van der Waals surface area contributed by atoms with E-state index in [0.29, 0.717) is 4.90 Å². The number of imide groups is 1. The Morgan fingerprint density at radius 2 is 1.88 bits per heavy atom. The molecule has 0 aliphatic carbocycles. The average Bonchev–Trinajstić information content (AvgIpc) is 2.62. The molecule has 0 unspecified atom stereocenters. The topological polar surface area (TPSA) is 84.9 Å². The molecule has 136 valence electrons. The summed E-state index contributed by atoms with van der Waals surface area (Å²) in [5.74, 6) is -3.17. The van der Waals surface area contributed by atoms with Crippen molar-refractivity contribution in [1.29, 1.82) is 0 Å². The largest absolute Gasteiger partial charge is 0.466 e. The third kappa shape index (κ3) is 4.60. The molecule has 1 aromatic carbocycles. The molecule has 9 heteroatoms. The fourth-order valence-electron chi connectivity index (χ4n) is 2.26. The second-order valence-corrected chi connectivity index (χ2v) is 4.80. The van der Waals surface area contributed by atoms with Gasteiger partial charge in [-0.25, -0.2) is 13.6 Å². The minimum absolute atomic E-state index is 0.00218. The first kappa shape index (κ1) is 20.2. The molecule has 0 saturated carbocycles. The lowest BCUT2D eigenvalue weighted by Gasteiger charge is -2.27. The van der Waals surface area contributed by atoms with Gasteiger partial charge >= 0.3 is 5.97 Å². The summed E-state index contributed by atoms with van der Waals surface area (Å²) in [6.45, 7) is -0.0767. The first-order chi connectivity index (χ1) is 11.9. The molecule has 0 aliphatic rings. The molecule has 0 fully saturated rings. The first-order valence-corrected chi connectivity index (χ1v) is 7.06. The van der Waals surface area contributed by atoms with E-state index in [9.17, 15) is 23.2 Å². The summed E-state index contributed by atoms with van der Waals surface area (Å²) < 4.78 is 36.6. The number of esters is 1. The van der Waals surface area contributed by atoms with Crippen LogP contribution in [0.1, 0.15) is 11.6 Å². The van der Waals surface area contributed by atoms with Crippen LogP contribution in [0.3, 0.4) is 0 Å². The van der Waals surface area contributed by atoms with Gasteiger partial charge in [0.15, 0.2) is 11.6 Å². The molecule has 25 heavy (non-hydrogen) atoms. The van der Waals surface area contributed by atoms with Gasteiger partial charge in [-0.2, -0.15) is 0 Å². The Kier molecular flexibility index (Phi) is 7.67. The summed E-state index contributed by atoms with van der Waals surface area (Å²) in [5.41, 5.74) is 0.0530. The van der Waals surface area contributed by atoms with Crippen LogP contribution in [-0.4, -0.2) is 51.6 Å². The lowest BCUT2D eigenvalue weighted by atomic mass is 9.95. The standard InChI is InChI=1S/C16H18F2N2O5/c1-19-13(7-24-2)14(16(23)25-3)15(20(8-21)9-22)10-4-5-11(17)12(18)6-10/h4-6,8-9,15,19H,7H2,1-3H3/b14-13+/t15-/m0/s1. The number of benzene rings is 1. The average molecular weight is 356 g/mol. The number of nitrogens with one attached hydrogen (secondary N) is 1. The minimum atomic E-state index is -1.34. The van der Waals surface area contributed by atoms with Gasteiger partial charge in [-0.15, -0.1) is 0 Å². The number of hydrogen-bond acceptors (Lipinski definition) is 6. The van der Waals surface area contributed by atoms with Crippen molar-refractivity contribution in [3.05, 3.63) is 46.7 Å². The van der Waals surface area contributed by atoms with Gasteiger partial charge in [-0.1, -0.05) is 6.07 Å². The molecule has 1 aromatic rings. The Labute approximate surface area is 143 Å². The van der Waals surface area contributed by atoms with Crippen LogP contribution in [0.4, 0.5) is 8.78 Å². The molecular formula is C16H18F2N2O5. The number of carbonyl (C=O) groups excluding carboxylic acids is 3. The Balaban J connectivity index is 3.70. The maximum atomic E-state index is 13.6. The lowest BCUT2D eigenvalue weighted by Crippen LogP contribution is -2.34. The third-order valence-electron chi connectivity index (χ3n) is 3.40. The van der Waals surface area contributed by atoms with Gasteiger partial charge in [0.2, 0.25) is 12.8 Å². The molecule has 0 saturated heterocycles. The molecule has 0 bridgehead atoms. The summed E-state index contributed by atoms with van der Waals surface area (Å²) in [6.07, 6.45) is 0.337. The van der Waals surface area contributed by atoms with Crippen molar-refractivity contribution >= 4 is 18.8 Å². The molecule has 2 amide bonds. The quantitative estimate of drug-likeness (QED) is 0.402. The van der Waals surface area contributed by atoms with Gasteiger partial charge in [0.05, 0.1) is 25.3 Å². The summed E-state index contributed by atoms with van der Waals surface area (Å²) >= 11 is 0. The molecule has 1 N–H and O–H groups in total. The van der Waals surface area contributed by atoms with Crippen LogP contribution in [0.2, 0.25) is 0 Å². The second-order valence-electron chi connectivity index (χ2n) is 4.80. The van der Waals surface area contributed by atoms with Crippen LogP contribution in [0.5, 0.6) is 0 Å². The molecule has 7 nitrogen and oxygen atoms in total. The zero-order valence-corrected chi connectivity index (χ0v) is 13.9. The fourth-order valence-corrected chi connectivity index (χ4v) is 2.26. The van der Waals surface area contributed by atoms with Gasteiger partial charge in [0.25, 0.3) is 0 Å². The van der Waals surface area contributed by atoms with Crippen molar-refractivity contribution in [3.63, 3.8) is 0 Å². The van der Waals surface area contributed by atoms with Gasteiger partial charge in [0, 0.05) is 19.9 Å². The maximum Gasteiger partial charge on any atom is 0.338 e. The number of likely N-dealkylation sites (N-methyl/N-ethyl adjacent to an activating group) is 1. The smallest absolute Gasteiger partial charge is 0.338 e. The zero-order valence-electron chi connectivity index (χ0n) is 13.9. The second kappa shape index (κ2) is 9.48. The Morgan fingerprint density at radius 3 is 2.32 bits per heavy atom. The molecule has 0 spiro atoms. The molecule has 1 atom stereocenters. The molecule has 0 aromatic heterocycles.